The van der Waals surface area contributed by atoms with Gasteiger partial charge in [0, 0.05) is 0 Å². The minimum atomic E-state index is -4.28. The van der Waals surface area contributed by atoms with Gasteiger partial charge in [-0.2, -0.15) is 0 Å². The Morgan fingerprint density at radius 3 is 2.58 bits per heavy atom. The Morgan fingerprint density at radius 1 is 1.53 bits per heavy atom. The van der Waals surface area contributed by atoms with E-state index in [9.17, 15) is 17.6 Å². The van der Waals surface area contributed by atoms with Crippen molar-refractivity contribution >= 4 is 27.6 Å². The molecular weight excluding hydrogens is 297 g/mol. The van der Waals surface area contributed by atoms with Gasteiger partial charge in [0.25, 0.3) is 0 Å². The van der Waals surface area contributed by atoms with Crippen LogP contribution in [0.15, 0.2) is 17.0 Å². The van der Waals surface area contributed by atoms with Gasteiger partial charge < -0.3 is 4.74 Å². The van der Waals surface area contributed by atoms with Crippen LogP contribution in [0.3, 0.4) is 0 Å². The smallest absolute Gasteiger partial charge is 0.339 e. The molecular formula is C11H13ClFNO4S. The van der Waals surface area contributed by atoms with Gasteiger partial charge in [-0.05, 0) is 25.5 Å². The highest BCUT2D eigenvalue weighted by Gasteiger charge is 2.22. The monoisotopic (exact) mass is 309 g/mol. The van der Waals surface area contributed by atoms with Crippen molar-refractivity contribution in [3.63, 3.8) is 0 Å². The van der Waals surface area contributed by atoms with E-state index in [0.717, 1.165) is 6.07 Å². The van der Waals surface area contributed by atoms with Crippen molar-refractivity contribution in [2.45, 2.75) is 31.3 Å². The molecule has 0 saturated heterocycles. The number of primary sulfonamides is 1. The summed E-state index contributed by atoms with van der Waals surface area (Å²) in [5, 5.41) is 4.60. The van der Waals surface area contributed by atoms with Crippen molar-refractivity contribution in [1.82, 2.24) is 0 Å². The van der Waals surface area contributed by atoms with E-state index in [4.69, 9.17) is 21.5 Å². The summed E-state index contributed by atoms with van der Waals surface area (Å²) in [6.07, 6.45) is 0.207. The highest BCUT2D eigenvalue weighted by atomic mass is 35.5. The molecule has 0 aliphatic heterocycles. The third-order valence-electron chi connectivity index (χ3n) is 2.43. The number of nitrogens with two attached hydrogens (primary N) is 1. The molecule has 106 valence electrons. The lowest BCUT2D eigenvalue weighted by molar-refractivity contribution is 0.0334. The lowest BCUT2D eigenvalue weighted by Crippen LogP contribution is -2.18. The zero-order chi connectivity index (χ0) is 14.8. The topological polar surface area (TPSA) is 86.5 Å². The van der Waals surface area contributed by atoms with Crippen LogP contribution in [-0.2, 0) is 14.8 Å². The summed E-state index contributed by atoms with van der Waals surface area (Å²) in [6, 6.07) is 1.49. The van der Waals surface area contributed by atoms with Crippen molar-refractivity contribution in [1.29, 1.82) is 0 Å². The van der Waals surface area contributed by atoms with Gasteiger partial charge in [0.1, 0.15) is 10.7 Å². The second-order valence-corrected chi connectivity index (χ2v) is 5.87. The van der Waals surface area contributed by atoms with E-state index in [1.54, 1.807) is 13.8 Å². The standard InChI is InChI=1S/C11H13ClFNO4S/c1-3-6(2)18-11(15)7-4-10(19(14,16)17)9(13)5-8(7)12/h4-6H,3H2,1-2H3,(H2,14,16,17). The zero-order valence-corrected chi connectivity index (χ0v) is 11.9. The number of ether oxygens (including phenoxy) is 1. The maximum atomic E-state index is 13.4. The zero-order valence-electron chi connectivity index (χ0n) is 10.3. The Morgan fingerprint density at radius 2 is 2.11 bits per heavy atom. The number of halogens is 2. The Kier molecular flexibility index (Phi) is 4.89. The molecule has 0 saturated carbocycles. The van der Waals surface area contributed by atoms with E-state index in [1.165, 1.54) is 0 Å². The lowest BCUT2D eigenvalue weighted by atomic mass is 10.2. The predicted molar refractivity (Wildman–Crippen MR) is 68.0 cm³/mol. The fourth-order valence-corrected chi connectivity index (χ4v) is 2.07. The molecule has 0 fully saturated rings. The second kappa shape index (κ2) is 5.85. The molecule has 2 N–H and O–H groups in total. The first-order chi connectivity index (χ1) is 8.66. The highest BCUT2D eigenvalue weighted by molar-refractivity contribution is 7.89. The Hall–Kier alpha value is -1.18. The van der Waals surface area contributed by atoms with Crippen LogP contribution in [0.1, 0.15) is 30.6 Å². The lowest BCUT2D eigenvalue weighted by Gasteiger charge is -2.12. The van der Waals surface area contributed by atoms with Crippen LogP contribution in [0.5, 0.6) is 0 Å². The van der Waals surface area contributed by atoms with Crippen molar-refractivity contribution in [2.75, 3.05) is 0 Å². The van der Waals surface area contributed by atoms with Gasteiger partial charge in [0.2, 0.25) is 10.0 Å². The van der Waals surface area contributed by atoms with Crippen LogP contribution in [0, 0.1) is 5.82 Å². The van der Waals surface area contributed by atoms with Gasteiger partial charge in [0.05, 0.1) is 16.7 Å². The fourth-order valence-electron chi connectivity index (χ4n) is 1.23. The van der Waals surface area contributed by atoms with Crippen LogP contribution in [0.25, 0.3) is 0 Å². The normalized spacial score (nSPS) is 13.1. The molecule has 0 aliphatic carbocycles. The molecule has 1 unspecified atom stereocenters. The number of carbonyl (C=O) groups excluding carboxylic acids is 1. The van der Waals surface area contributed by atoms with Crippen molar-refractivity contribution in [3.8, 4) is 0 Å². The quantitative estimate of drug-likeness (QED) is 0.863. The maximum Gasteiger partial charge on any atom is 0.339 e. The molecule has 1 rings (SSSR count). The van der Waals surface area contributed by atoms with Crippen molar-refractivity contribution in [2.24, 2.45) is 5.14 Å². The average Bonchev–Trinajstić information content (AvgIpc) is 2.26. The minimum absolute atomic E-state index is 0.238. The molecule has 1 atom stereocenters. The highest BCUT2D eigenvalue weighted by Crippen LogP contribution is 2.24. The fraction of sp³-hybridized carbons (Fsp3) is 0.364. The summed E-state index contributed by atoms with van der Waals surface area (Å²) in [5.74, 6) is -1.95. The van der Waals surface area contributed by atoms with Gasteiger partial charge in [0.15, 0.2) is 0 Å². The average molecular weight is 310 g/mol. The largest absolute Gasteiger partial charge is 0.459 e. The Bertz CT molecular complexity index is 603. The maximum absolute atomic E-state index is 13.4. The number of sulfonamides is 1. The van der Waals surface area contributed by atoms with Gasteiger partial charge in [-0.1, -0.05) is 18.5 Å². The van der Waals surface area contributed by atoms with E-state index < -0.39 is 26.7 Å². The van der Waals surface area contributed by atoms with E-state index >= 15 is 0 Å². The molecule has 8 heteroatoms. The number of esters is 1. The third kappa shape index (κ3) is 3.89. The van der Waals surface area contributed by atoms with Crippen LogP contribution in [0.2, 0.25) is 5.02 Å². The van der Waals surface area contributed by atoms with Crippen LogP contribution < -0.4 is 5.14 Å². The van der Waals surface area contributed by atoms with Crippen LogP contribution in [0.4, 0.5) is 4.39 Å². The van der Waals surface area contributed by atoms with Gasteiger partial charge >= 0.3 is 5.97 Å². The van der Waals surface area contributed by atoms with Crippen molar-refractivity contribution in [3.05, 3.63) is 28.5 Å². The van der Waals surface area contributed by atoms with Gasteiger partial charge in [-0.25, -0.2) is 22.7 Å². The first kappa shape index (κ1) is 15.9. The molecule has 0 amide bonds. The third-order valence-corrected chi connectivity index (χ3v) is 3.67. The predicted octanol–water partition coefficient (Wildman–Crippen LogP) is 2.08. The number of carbonyl (C=O) groups is 1. The van der Waals surface area contributed by atoms with Crippen LogP contribution in [-0.4, -0.2) is 20.5 Å². The molecule has 0 aliphatic rings. The van der Waals surface area contributed by atoms with Crippen LogP contribution >= 0.6 is 11.6 Å². The molecule has 1 aromatic carbocycles. The SMILES string of the molecule is CCC(C)OC(=O)c1cc(S(N)(=O)=O)c(F)cc1Cl. The summed E-state index contributed by atoms with van der Waals surface area (Å²) in [6.45, 7) is 3.47. The van der Waals surface area contributed by atoms with E-state index in [1.807, 2.05) is 0 Å². The first-order valence-corrected chi connectivity index (χ1v) is 7.32. The first-order valence-electron chi connectivity index (χ1n) is 5.39. The summed E-state index contributed by atoms with van der Waals surface area (Å²) in [5.41, 5.74) is -0.243. The summed E-state index contributed by atoms with van der Waals surface area (Å²) in [7, 11) is -4.28. The Balaban J connectivity index is 3.26. The van der Waals surface area contributed by atoms with Gasteiger partial charge in [-0.15, -0.1) is 0 Å². The molecule has 5 nitrogen and oxygen atoms in total. The molecule has 19 heavy (non-hydrogen) atoms. The molecule has 0 bridgehead atoms. The number of benzene rings is 1. The number of hydrogen-bond donors (Lipinski definition) is 1. The summed E-state index contributed by atoms with van der Waals surface area (Å²) >= 11 is 5.70. The molecule has 0 heterocycles. The number of rotatable bonds is 4. The summed E-state index contributed by atoms with van der Waals surface area (Å²) < 4.78 is 40.7. The van der Waals surface area contributed by atoms with E-state index in [-0.39, 0.29) is 16.7 Å². The molecule has 1 aromatic rings. The van der Waals surface area contributed by atoms with E-state index in [0.29, 0.717) is 12.5 Å². The second-order valence-electron chi connectivity index (χ2n) is 3.93. The number of hydrogen-bond acceptors (Lipinski definition) is 4. The summed E-state index contributed by atoms with van der Waals surface area (Å²) in [4.78, 5) is 11.0. The Labute approximate surface area is 115 Å². The van der Waals surface area contributed by atoms with Gasteiger partial charge in [-0.3, -0.25) is 0 Å². The molecule has 0 spiro atoms. The molecule has 0 radical (unpaired) electrons. The molecule has 0 aromatic heterocycles. The van der Waals surface area contributed by atoms with E-state index in [2.05, 4.69) is 0 Å². The van der Waals surface area contributed by atoms with Crippen molar-refractivity contribution < 1.29 is 22.3 Å². The minimum Gasteiger partial charge on any atom is -0.459 e.